The van der Waals surface area contributed by atoms with Gasteiger partial charge in [0, 0.05) is 28.4 Å². The van der Waals surface area contributed by atoms with Crippen molar-refractivity contribution in [2.45, 2.75) is 47.5 Å². The first-order chi connectivity index (χ1) is 14.8. The van der Waals surface area contributed by atoms with E-state index < -0.39 is 0 Å². The molecule has 162 valence electrons. The molecule has 0 bridgehead atoms. The van der Waals surface area contributed by atoms with E-state index >= 15 is 0 Å². The first-order valence-corrected chi connectivity index (χ1v) is 10.6. The lowest BCUT2D eigenvalue weighted by atomic mass is 10.0. The number of carbonyl (C=O) groups excluding carboxylic acids is 2. The number of carbonyl (C=O) groups is 2. The number of hydrogen-bond donors (Lipinski definition) is 2. The lowest BCUT2D eigenvalue weighted by Gasteiger charge is -2.11. The first-order valence-electron chi connectivity index (χ1n) is 10.6. The summed E-state index contributed by atoms with van der Waals surface area (Å²) in [7, 11) is 0. The van der Waals surface area contributed by atoms with E-state index in [1.807, 2.05) is 44.2 Å². The van der Waals surface area contributed by atoms with Crippen molar-refractivity contribution in [1.29, 1.82) is 0 Å². The van der Waals surface area contributed by atoms with Gasteiger partial charge in [-0.25, -0.2) is 0 Å². The number of anilines is 1. The number of aromatic nitrogens is 1. The highest BCUT2D eigenvalue weighted by Crippen LogP contribution is 2.19. The molecular formula is C27H32N2O2. The molecule has 1 amide bonds. The van der Waals surface area contributed by atoms with E-state index in [4.69, 9.17) is 0 Å². The van der Waals surface area contributed by atoms with Crippen molar-refractivity contribution >= 4 is 28.3 Å². The van der Waals surface area contributed by atoms with Gasteiger partial charge >= 0.3 is 0 Å². The number of amides is 1. The van der Waals surface area contributed by atoms with E-state index in [2.05, 4.69) is 47.7 Å². The molecule has 0 aliphatic rings. The van der Waals surface area contributed by atoms with Gasteiger partial charge in [-0.05, 0) is 69.5 Å². The molecule has 4 heteroatoms. The topological polar surface area (TPSA) is 62.0 Å². The van der Waals surface area contributed by atoms with E-state index in [0.717, 1.165) is 11.3 Å². The number of aromatic amines is 1. The fraction of sp³-hybridized carbons (Fsp3) is 0.259. The van der Waals surface area contributed by atoms with Gasteiger partial charge in [0.2, 0.25) is 0 Å². The summed E-state index contributed by atoms with van der Waals surface area (Å²) in [6.45, 7) is 9.17. The van der Waals surface area contributed by atoms with Gasteiger partial charge in [-0.1, -0.05) is 55.3 Å². The van der Waals surface area contributed by atoms with Gasteiger partial charge < -0.3 is 10.3 Å². The second-order valence-electron chi connectivity index (χ2n) is 7.74. The molecule has 3 rings (SSSR count). The smallest absolute Gasteiger partial charge is 0.255 e. The van der Waals surface area contributed by atoms with E-state index in [-0.39, 0.29) is 11.7 Å². The lowest BCUT2D eigenvalue weighted by molar-refractivity contribution is -0.113. The molecule has 4 nitrogen and oxygen atoms in total. The highest BCUT2D eigenvalue weighted by Gasteiger charge is 2.13. The Hall–Kier alpha value is -3.40. The Morgan fingerprint density at radius 2 is 1.58 bits per heavy atom. The van der Waals surface area contributed by atoms with Gasteiger partial charge in [0.15, 0.2) is 5.78 Å². The van der Waals surface area contributed by atoms with E-state index in [9.17, 15) is 9.59 Å². The maximum Gasteiger partial charge on any atom is 0.255 e. The molecule has 2 N–H and O–H groups in total. The van der Waals surface area contributed by atoms with Crippen molar-refractivity contribution in [2.24, 2.45) is 0 Å². The molecule has 0 fully saturated rings. The van der Waals surface area contributed by atoms with Crippen LogP contribution >= 0.6 is 0 Å². The van der Waals surface area contributed by atoms with Gasteiger partial charge in [0.1, 0.15) is 0 Å². The Kier molecular flexibility index (Phi) is 9.01. The van der Waals surface area contributed by atoms with Crippen LogP contribution in [0.25, 0.3) is 10.9 Å². The Balaban J connectivity index is 0.000000242. The number of fused-ring (bicyclic) bond motifs is 1. The molecule has 0 saturated carbocycles. The average molecular weight is 417 g/mol. The Morgan fingerprint density at radius 3 is 2.19 bits per heavy atom. The molecule has 0 atom stereocenters. The third-order valence-corrected chi connectivity index (χ3v) is 4.77. The average Bonchev–Trinajstić information content (AvgIpc) is 3.12. The molecule has 0 saturated heterocycles. The van der Waals surface area contributed by atoms with Gasteiger partial charge in [-0.3, -0.25) is 9.59 Å². The summed E-state index contributed by atoms with van der Waals surface area (Å²) >= 11 is 0. The standard InChI is InChI=1S/C16H19NO2.C11H13N/c1-11(2)15(12(3)10-13(4)18)16(19)17-14-8-6-5-7-9-14;1-2-5-9-8-12-11-7-4-3-6-10(9)11/h5-10H,1-4H3,(H,17,19);3-4,6-8,12H,2,5H2,1H3/b12-10-;. The molecular weight excluding hydrogens is 384 g/mol. The molecule has 3 aromatic rings. The Bertz CT molecular complexity index is 1080. The van der Waals surface area contributed by atoms with E-state index in [1.54, 1.807) is 6.92 Å². The molecule has 0 aliphatic heterocycles. The maximum atomic E-state index is 12.3. The summed E-state index contributed by atoms with van der Waals surface area (Å²) in [5.74, 6) is -0.259. The largest absolute Gasteiger partial charge is 0.361 e. The number of para-hydroxylation sites is 2. The third kappa shape index (κ3) is 7.10. The van der Waals surface area contributed by atoms with Gasteiger partial charge in [0.05, 0.1) is 0 Å². The molecule has 1 heterocycles. The monoisotopic (exact) mass is 416 g/mol. The highest BCUT2D eigenvalue weighted by molar-refractivity contribution is 6.08. The van der Waals surface area contributed by atoms with Crippen molar-refractivity contribution in [3.8, 4) is 0 Å². The number of H-pyrrole nitrogens is 1. The third-order valence-electron chi connectivity index (χ3n) is 4.77. The minimum atomic E-state index is -0.193. The van der Waals surface area contributed by atoms with Crippen LogP contribution < -0.4 is 5.32 Å². The normalized spacial score (nSPS) is 10.8. The van der Waals surface area contributed by atoms with Crippen LogP contribution in [0.3, 0.4) is 0 Å². The molecule has 31 heavy (non-hydrogen) atoms. The second kappa shape index (κ2) is 11.7. The first kappa shape index (κ1) is 23.9. The lowest BCUT2D eigenvalue weighted by Crippen LogP contribution is -2.16. The zero-order chi connectivity index (χ0) is 22.8. The fourth-order valence-corrected chi connectivity index (χ4v) is 3.50. The van der Waals surface area contributed by atoms with Crippen LogP contribution in [0.4, 0.5) is 5.69 Å². The van der Waals surface area contributed by atoms with Crippen molar-refractivity contribution in [2.75, 3.05) is 5.32 Å². The van der Waals surface area contributed by atoms with Crippen LogP contribution in [-0.4, -0.2) is 16.7 Å². The number of allylic oxidation sites excluding steroid dienone is 2. The van der Waals surface area contributed by atoms with Crippen LogP contribution in [0.5, 0.6) is 0 Å². The summed E-state index contributed by atoms with van der Waals surface area (Å²) in [5, 5.41) is 4.20. The van der Waals surface area contributed by atoms with Gasteiger partial charge in [-0.2, -0.15) is 0 Å². The number of rotatable bonds is 6. The molecule has 0 aliphatic carbocycles. The summed E-state index contributed by atoms with van der Waals surface area (Å²) < 4.78 is 0. The van der Waals surface area contributed by atoms with Crippen LogP contribution in [0.15, 0.2) is 83.6 Å². The number of nitrogens with one attached hydrogen (secondary N) is 2. The molecule has 2 aromatic carbocycles. The number of ketones is 1. The fourth-order valence-electron chi connectivity index (χ4n) is 3.50. The predicted molar refractivity (Wildman–Crippen MR) is 130 cm³/mol. The van der Waals surface area contributed by atoms with Crippen LogP contribution in [0.1, 0.15) is 46.6 Å². The van der Waals surface area contributed by atoms with Crippen molar-refractivity contribution in [3.05, 3.63) is 89.2 Å². The minimum Gasteiger partial charge on any atom is -0.361 e. The predicted octanol–water partition coefficient (Wildman–Crippen LogP) is 6.62. The molecule has 1 aromatic heterocycles. The van der Waals surface area contributed by atoms with Crippen LogP contribution in [-0.2, 0) is 16.0 Å². The zero-order valence-electron chi connectivity index (χ0n) is 19.1. The highest BCUT2D eigenvalue weighted by atomic mass is 16.1. The zero-order valence-corrected chi connectivity index (χ0v) is 19.1. The summed E-state index contributed by atoms with van der Waals surface area (Å²) in [6.07, 6.45) is 5.98. The quantitative estimate of drug-likeness (QED) is 0.350. The minimum absolute atomic E-state index is 0.0660. The number of hydrogen-bond acceptors (Lipinski definition) is 2. The number of benzene rings is 2. The summed E-state index contributed by atoms with van der Waals surface area (Å²) in [6, 6.07) is 17.7. The summed E-state index contributed by atoms with van der Waals surface area (Å²) in [5.41, 5.74) is 5.54. The number of aryl methyl sites for hydroxylation is 1. The molecule has 0 spiro atoms. The molecule has 0 unspecified atom stereocenters. The van der Waals surface area contributed by atoms with Crippen LogP contribution in [0.2, 0.25) is 0 Å². The Labute approximate surface area is 185 Å². The maximum absolute atomic E-state index is 12.3. The second-order valence-corrected chi connectivity index (χ2v) is 7.74. The van der Waals surface area contributed by atoms with Gasteiger partial charge in [-0.15, -0.1) is 0 Å². The van der Waals surface area contributed by atoms with Crippen molar-refractivity contribution < 1.29 is 9.59 Å². The van der Waals surface area contributed by atoms with E-state index in [1.165, 1.54) is 42.3 Å². The molecule has 0 radical (unpaired) electrons. The van der Waals surface area contributed by atoms with Gasteiger partial charge in [0.25, 0.3) is 5.91 Å². The van der Waals surface area contributed by atoms with Crippen molar-refractivity contribution in [1.82, 2.24) is 4.98 Å². The SMILES string of the molecule is CC(=O)/C=C(/C)C(C(=O)Nc1ccccc1)=C(C)C.CCCc1c[nH]c2ccccc12. The van der Waals surface area contributed by atoms with Crippen molar-refractivity contribution in [3.63, 3.8) is 0 Å². The van der Waals surface area contributed by atoms with E-state index in [0.29, 0.717) is 11.1 Å². The van der Waals surface area contributed by atoms with Crippen LogP contribution in [0, 0.1) is 0 Å². The summed E-state index contributed by atoms with van der Waals surface area (Å²) in [4.78, 5) is 26.7. The Morgan fingerprint density at radius 1 is 0.935 bits per heavy atom.